The van der Waals surface area contributed by atoms with E-state index in [9.17, 15) is 4.79 Å². The molecule has 1 amide bonds. The SMILES string of the molecule is Cc1ccc(C(=O)Nc2ccc3nc4c5ccccc5c5ccccc5c4nc3c2)cc1. The van der Waals surface area contributed by atoms with Crippen LogP contribution in [0.5, 0.6) is 0 Å². The van der Waals surface area contributed by atoms with Crippen molar-refractivity contribution in [3.8, 4) is 0 Å². The van der Waals surface area contributed by atoms with Gasteiger partial charge in [0.25, 0.3) is 5.91 Å². The molecule has 0 bridgehead atoms. The molecule has 0 aliphatic carbocycles. The number of nitrogens with one attached hydrogen (secondary N) is 1. The van der Waals surface area contributed by atoms with Crippen LogP contribution in [0.2, 0.25) is 0 Å². The van der Waals surface area contributed by atoms with Crippen molar-refractivity contribution in [1.29, 1.82) is 0 Å². The van der Waals surface area contributed by atoms with Crippen molar-refractivity contribution in [3.05, 3.63) is 102 Å². The monoisotopic (exact) mass is 413 g/mol. The van der Waals surface area contributed by atoms with Crippen molar-refractivity contribution >= 4 is 55.2 Å². The fourth-order valence-electron chi connectivity index (χ4n) is 4.26. The number of aromatic nitrogens is 2. The Morgan fingerprint density at radius 3 is 1.84 bits per heavy atom. The second-order valence-corrected chi connectivity index (χ2v) is 8.04. The van der Waals surface area contributed by atoms with Gasteiger partial charge >= 0.3 is 0 Å². The van der Waals surface area contributed by atoms with Crippen LogP contribution in [0.25, 0.3) is 43.6 Å². The number of fused-ring (bicyclic) bond motifs is 7. The molecule has 32 heavy (non-hydrogen) atoms. The van der Waals surface area contributed by atoms with Crippen LogP contribution in [0.4, 0.5) is 5.69 Å². The molecule has 0 radical (unpaired) electrons. The first kappa shape index (κ1) is 18.5. The summed E-state index contributed by atoms with van der Waals surface area (Å²) in [5.74, 6) is -0.144. The quantitative estimate of drug-likeness (QED) is 0.255. The maximum Gasteiger partial charge on any atom is 0.255 e. The molecule has 0 unspecified atom stereocenters. The number of benzene rings is 5. The van der Waals surface area contributed by atoms with Gasteiger partial charge in [-0.3, -0.25) is 4.79 Å². The molecule has 4 heteroatoms. The number of rotatable bonds is 2. The van der Waals surface area contributed by atoms with Gasteiger partial charge in [0.2, 0.25) is 0 Å². The first-order valence-electron chi connectivity index (χ1n) is 10.6. The molecule has 6 rings (SSSR count). The van der Waals surface area contributed by atoms with Crippen LogP contribution in [0.3, 0.4) is 0 Å². The maximum atomic E-state index is 12.6. The lowest BCUT2D eigenvalue weighted by Gasteiger charge is -2.11. The highest BCUT2D eigenvalue weighted by molar-refractivity contribution is 6.23. The zero-order valence-electron chi connectivity index (χ0n) is 17.5. The Bertz CT molecular complexity index is 1670. The van der Waals surface area contributed by atoms with Crippen molar-refractivity contribution < 1.29 is 4.79 Å². The molecule has 0 aliphatic heterocycles. The number of nitrogens with zero attached hydrogens (tertiary/aromatic N) is 2. The van der Waals surface area contributed by atoms with E-state index in [1.165, 1.54) is 5.39 Å². The van der Waals surface area contributed by atoms with E-state index in [1.54, 1.807) is 0 Å². The minimum Gasteiger partial charge on any atom is -0.322 e. The number of hydrogen-bond donors (Lipinski definition) is 1. The summed E-state index contributed by atoms with van der Waals surface area (Å²) in [6.07, 6.45) is 0. The second-order valence-electron chi connectivity index (χ2n) is 8.04. The molecule has 5 aromatic carbocycles. The van der Waals surface area contributed by atoms with Gasteiger partial charge in [-0.05, 0) is 48.0 Å². The third-order valence-electron chi connectivity index (χ3n) is 5.89. The van der Waals surface area contributed by atoms with Crippen LogP contribution in [0.1, 0.15) is 15.9 Å². The van der Waals surface area contributed by atoms with E-state index in [2.05, 4.69) is 35.6 Å². The number of carbonyl (C=O) groups excluding carboxylic acids is 1. The Morgan fingerprint density at radius 1 is 0.656 bits per heavy atom. The normalized spacial score (nSPS) is 11.4. The number of aryl methyl sites for hydroxylation is 1. The number of hydrogen-bond acceptors (Lipinski definition) is 3. The lowest BCUT2D eigenvalue weighted by Crippen LogP contribution is -2.11. The van der Waals surface area contributed by atoms with Crippen LogP contribution < -0.4 is 5.32 Å². The molecule has 0 saturated heterocycles. The van der Waals surface area contributed by atoms with Gasteiger partial charge in [0.05, 0.1) is 22.1 Å². The summed E-state index contributed by atoms with van der Waals surface area (Å²) >= 11 is 0. The van der Waals surface area contributed by atoms with Gasteiger partial charge in [-0.2, -0.15) is 0 Å². The van der Waals surface area contributed by atoms with E-state index in [4.69, 9.17) is 9.97 Å². The molecular formula is C28H19N3O. The van der Waals surface area contributed by atoms with E-state index in [0.29, 0.717) is 11.3 Å². The van der Waals surface area contributed by atoms with Crippen molar-refractivity contribution in [2.45, 2.75) is 6.92 Å². The topological polar surface area (TPSA) is 54.9 Å². The lowest BCUT2D eigenvalue weighted by molar-refractivity contribution is 0.102. The molecule has 1 N–H and O–H groups in total. The second kappa shape index (κ2) is 7.13. The van der Waals surface area contributed by atoms with E-state index >= 15 is 0 Å². The Labute approximate surface area is 184 Å². The van der Waals surface area contributed by atoms with E-state index < -0.39 is 0 Å². The first-order valence-corrected chi connectivity index (χ1v) is 10.6. The van der Waals surface area contributed by atoms with Gasteiger partial charge in [0.1, 0.15) is 0 Å². The highest BCUT2D eigenvalue weighted by atomic mass is 16.1. The average Bonchev–Trinajstić information content (AvgIpc) is 2.83. The largest absolute Gasteiger partial charge is 0.322 e. The Kier molecular flexibility index (Phi) is 4.12. The molecule has 0 fully saturated rings. The standard InChI is InChI=1S/C28H19N3O/c1-17-10-12-18(13-11-17)28(32)29-19-14-15-24-25(16-19)31-27-23-9-5-3-7-21(23)20-6-2-4-8-22(20)26(27)30-24/h2-16H,1H3,(H,29,32). The molecule has 1 heterocycles. The van der Waals surface area contributed by atoms with Gasteiger partial charge in [-0.25, -0.2) is 9.97 Å². The molecule has 0 saturated carbocycles. The summed E-state index contributed by atoms with van der Waals surface area (Å²) in [6, 6.07) is 29.8. The van der Waals surface area contributed by atoms with E-state index in [1.807, 2.05) is 67.6 Å². The fraction of sp³-hybridized carbons (Fsp3) is 0.0357. The van der Waals surface area contributed by atoms with Crippen molar-refractivity contribution in [2.24, 2.45) is 0 Å². The molecule has 4 nitrogen and oxygen atoms in total. The summed E-state index contributed by atoms with van der Waals surface area (Å²) in [5.41, 5.74) is 5.75. The van der Waals surface area contributed by atoms with E-state index in [0.717, 1.165) is 43.8 Å². The minimum absolute atomic E-state index is 0.144. The Morgan fingerprint density at radius 2 is 1.22 bits per heavy atom. The minimum atomic E-state index is -0.144. The zero-order chi connectivity index (χ0) is 21.7. The van der Waals surface area contributed by atoms with Crippen molar-refractivity contribution in [1.82, 2.24) is 9.97 Å². The molecule has 0 atom stereocenters. The molecule has 1 aromatic heterocycles. The van der Waals surface area contributed by atoms with Gasteiger partial charge < -0.3 is 5.32 Å². The molecule has 0 spiro atoms. The van der Waals surface area contributed by atoms with Crippen molar-refractivity contribution in [3.63, 3.8) is 0 Å². The summed E-state index contributed by atoms with van der Waals surface area (Å²) in [4.78, 5) is 22.6. The number of anilines is 1. The Hall–Kier alpha value is -4.31. The van der Waals surface area contributed by atoms with Gasteiger partial charge in [-0.1, -0.05) is 66.2 Å². The van der Waals surface area contributed by atoms with Gasteiger partial charge in [-0.15, -0.1) is 0 Å². The summed E-state index contributed by atoms with van der Waals surface area (Å²) in [6.45, 7) is 2.00. The zero-order valence-corrected chi connectivity index (χ0v) is 17.5. The lowest BCUT2D eigenvalue weighted by atomic mass is 9.99. The first-order chi connectivity index (χ1) is 15.7. The maximum absolute atomic E-state index is 12.6. The molecular weight excluding hydrogens is 394 g/mol. The van der Waals surface area contributed by atoms with Crippen LogP contribution in [-0.2, 0) is 0 Å². The van der Waals surface area contributed by atoms with Crippen LogP contribution >= 0.6 is 0 Å². The molecule has 0 aliphatic rings. The van der Waals surface area contributed by atoms with Gasteiger partial charge in [0, 0.05) is 22.0 Å². The fourth-order valence-corrected chi connectivity index (χ4v) is 4.26. The van der Waals surface area contributed by atoms with E-state index in [-0.39, 0.29) is 5.91 Å². The predicted octanol–water partition coefficient (Wildman–Crippen LogP) is 6.65. The van der Waals surface area contributed by atoms with Crippen LogP contribution in [0.15, 0.2) is 91.0 Å². The van der Waals surface area contributed by atoms with Crippen LogP contribution in [-0.4, -0.2) is 15.9 Å². The molecule has 6 aromatic rings. The predicted molar refractivity (Wildman–Crippen MR) is 131 cm³/mol. The van der Waals surface area contributed by atoms with Crippen molar-refractivity contribution in [2.75, 3.05) is 5.32 Å². The third-order valence-corrected chi connectivity index (χ3v) is 5.89. The number of amides is 1. The number of carbonyl (C=O) groups is 1. The highest BCUT2D eigenvalue weighted by Crippen LogP contribution is 2.34. The van der Waals surface area contributed by atoms with Gasteiger partial charge in [0.15, 0.2) is 0 Å². The summed E-state index contributed by atoms with van der Waals surface area (Å²) < 4.78 is 0. The summed E-state index contributed by atoms with van der Waals surface area (Å²) in [5, 5.41) is 7.47. The third kappa shape index (κ3) is 2.96. The van der Waals surface area contributed by atoms with Crippen LogP contribution in [0, 0.1) is 6.92 Å². The Balaban J connectivity index is 1.52. The summed E-state index contributed by atoms with van der Waals surface area (Å²) in [7, 11) is 0. The smallest absolute Gasteiger partial charge is 0.255 e. The molecule has 152 valence electrons. The average molecular weight is 413 g/mol. The highest BCUT2D eigenvalue weighted by Gasteiger charge is 2.13.